The van der Waals surface area contributed by atoms with Crippen LogP contribution in [0.3, 0.4) is 0 Å². The maximum Gasteiger partial charge on any atom is 0.227 e. The number of aliphatic hydroxyl groups is 1. The molecular formula is C18H20FN3O2S. The first kappa shape index (κ1) is 17.8. The summed E-state index contributed by atoms with van der Waals surface area (Å²) in [7, 11) is 0. The van der Waals surface area contributed by atoms with E-state index < -0.39 is 23.9 Å². The second-order valence-electron chi connectivity index (χ2n) is 6.03. The van der Waals surface area contributed by atoms with Crippen molar-refractivity contribution in [3.63, 3.8) is 0 Å². The van der Waals surface area contributed by atoms with Gasteiger partial charge in [0.15, 0.2) is 0 Å². The SMILES string of the molecule is CCN(Cc1ccc2c(c1)[C@@H](C(N)=O)[C@H](O)C2)Sc1cccc(F)n1. The molecule has 0 saturated heterocycles. The molecule has 1 heterocycles. The van der Waals surface area contributed by atoms with Crippen LogP contribution in [0.5, 0.6) is 0 Å². The fourth-order valence-corrected chi connectivity index (χ4v) is 3.97. The summed E-state index contributed by atoms with van der Waals surface area (Å²) in [5, 5.41) is 10.7. The Hall–Kier alpha value is -1.96. The van der Waals surface area contributed by atoms with Crippen molar-refractivity contribution >= 4 is 17.9 Å². The highest BCUT2D eigenvalue weighted by molar-refractivity contribution is 7.96. The van der Waals surface area contributed by atoms with Crippen molar-refractivity contribution < 1.29 is 14.3 Å². The Balaban J connectivity index is 1.77. The van der Waals surface area contributed by atoms with Crippen LogP contribution in [0, 0.1) is 5.95 Å². The van der Waals surface area contributed by atoms with E-state index in [0.717, 1.165) is 23.2 Å². The quantitative estimate of drug-likeness (QED) is 0.609. The first-order valence-electron chi connectivity index (χ1n) is 8.12. The predicted molar refractivity (Wildman–Crippen MR) is 94.2 cm³/mol. The van der Waals surface area contributed by atoms with E-state index in [-0.39, 0.29) is 0 Å². The molecule has 1 aliphatic carbocycles. The molecule has 7 heteroatoms. The van der Waals surface area contributed by atoms with Crippen LogP contribution in [0.1, 0.15) is 29.5 Å². The monoisotopic (exact) mass is 361 g/mol. The number of fused-ring (bicyclic) bond motifs is 1. The minimum atomic E-state index is -0.754. The topological polar surface area (TPSA) is 79.5 Å². The number of carbonyl (C=O) groups is 1. The largest absolute Gasteiger partial charge is 0.392 e. The van der Waals surface area contributed by atoms with Crippen LogP contribution in [0.25, 0.3) is 0 Å². The number of hydrogen-bond acceptors (Lipinski definition) is 5. The second-order valence-corrected chi connectivity index (χ2v) is 7.15. The molecule has 0 unspecified atom stereocenters. The number of pyridine rings is 1. The summed E-state index contributed by atoms with van der Waals surface area (Å²) >= 11 is 1.38. The molecule has 5 nitrogen and oxygen atoms in total. The van der Waals surface area contributed by atoms with Gasteiger partial charge in [0.05, 0.1) is 12.0 Å². The van der Waals surface area contributed by atoms with Gasteiger partial charge in [-0.1, -0.05) is 31.2 Å². The predicted octanol–water partition coefficient (Wildman–Crippen LogP) is 2.24. The minimum absolute atomic E-state index is 0.447. The summed E-state index contributed by atoms with van der Waals surface area (Å²) in [6, 6.07) is 10.6. The molecule has 1 aliphatic rings. The Morgan fingerprint density at radius 1 is 1.44 bits per heavy atom. The van der Waals surface area contributed by atoms with Crippen LogP contribution in [0.2, 0.25) is 0 Å². The van der Waals surface area contributed by atoms with Gasteiger partial charge in [0, 0.05) is 13.1 Å². The van der Waals surface area contributed by atoms with Gasteiger partial charge in [-0.05, 0) is 47.2 Å². The third kappa shape index (κ3) is 4.00. The number of hydrogen-bond donors (Lipinski definition) is 2. The van der Waals surface area contributed by atoms with Crippen LogP contribution in [-0.2, 0) is 17.8 Å². The minimum Gasteiger partial charge on any atom is -0.392 e. The number of benzene rings is 1. The molecule has 1 aromatic carbocycles. The normalized spacial score (nSPS) is 19.2. The lowest BCUT2D eigenvalue weighted by molar-refractivity contribution is -0.121. The lowest BCUT2D eigenvalue weighted by Gasteiger charge is -2.19. The Morgan fingerprint density at radius 3 is 2.92 bits per heavy atom. The average Bonchev–Trinajstić information content (AvgIpc) is 2.89. The lowest BCUT2D eigenvalue weighted by atomic mass is 9.97. The molecule has 0 spiro atoms. The number of nitrogens with two attached hydrogens (primary N) is 1. The summed E-state index contributed by atoms with van der Waals surface area (Å²) in [6.07, 6.45) is -0.307. The molecule has 0 fully saturated rings. The van der Waals surface area contributed by atoms with Crippen molar-refractivity contribution in [3.05, 3.63) is 59.0 Å². The van der Waals surface area contributed by atoms with Gasteiger partial charge in [0.2, 0.25) is 11.9 Å². The summed E-state index contributed by atoms with van der Waals surface area (Å²) in [4.78, 5) is 15.5. The van der Waals surface area contributed by atoms with Gasteiger partial charge in [-0.25, -0.2) is 9.29 Å². The highest BCUT2D eigenvalue weighted by atomic mass is 32.2. The number of carbonyl (C=O) groups excluding carboxylic acids is 1. The van der Waals surface area contributed by atoms with E-state index in [1.807, 2.05) is 29.4 Å². The van der Waals surface area contributed by atoms with Gasteiger partial charge in [-0.3, -0.25) is 4.79 Å². The molecule has 25 heavy (non-hydrogen) atoms. The Bertz CT molecular complexity index is 787. The Morgan fingerprint density at radius 2 is 2.24 bits per heavy atom. The smallest absolute Gasteiger partial charge is 0.227 e. The Kier molecular flexibility index (Phi) is 5.36. The average molecular weight is 361 g/mol. The molecule has 0 radical (unpaired) electrons. The van der Waals surface area contributed by atoms with E-state index in [1.165, 1.54) is 18.0 Å². The summed E-state index contributed by atoms with van der Waals surface area (Å²) in [5.74, 6) is -1.66. The maximum atomic E-state index is 13.2. The summed E-state index contributed by atoms with van der Waals surface area (Å²) in [5.41, 5.74) is 8.21. The zero-order chi connectivity index (χ0) is 18.0. The molecule has 3 N–H and O–H groups in total. The van der Waals surface area contributed by atoms with Crippen molar-refractivity contribution in [2.45, 2.75) is 36.9 Å². The highest BCUT2D eigenvalue weighted by Crippen LogP contribution is 2.34. The van der Waals surface area contributed by atoms with Crippen LogP contribution >= 0.6 is 11.9 Å². The standard InChI is InChI=1S/C18H20FN3O2S/c1-2-22(25-16-5-3-4-15(19)21-16)10-11-6-7-12-9-14(23)17(18(20)24)13(12)8-11/h3-8,14,17,23H,2,9-10H2,1H3,(H2,20,24)/t14-,17-/m1/s1. The maximum absolute atomic E-state index is 13.2. The molecule has 3 rings (SSSR count). The number of aliphatic hydroxyl groups excluding tert-OH is 1. The molecule has 1 amide bonds. The zero-order valence-electron chi connectivity index (χ0n) is 13.9. The van der Waals surface area contributed by atoms with Crippen LogP contribution in [0.15, 0.2) is 41.4 Å². The fraction of sp³-hybridized carbons (Fsp3) is 0.333. The van der Waals surface area contributed by atoms with Crippen molar-refractivity contribution in [2.24, 2.45) is 5.73 Å². The van der Waals surface area contributed by atoms with Crippen molar-refractivity contribution in [1.82, 2.24) is 9.29 Å². The molecule has 0 bridgehead atoms. The van der Waals surface area contributed by atoms with Crippen molar-refractivity contribution in [2.75, 3.05) is 6.54 Å². The molecule has 1 aromatic heterocycles. The van der Waals surface area contributed by atoms with Crippen LogP contribution in [-0.4, -0.2) is 33.0 Å². The first-order valence-corrected chi connectivity index (χ1v) is 8.89. The van der Waals surface area contributed by atoms with Crippen LogP contribution in [0.4, 0.5) is 4.39 Å². The number of aromatic nitrogens is 1. The second kappa shape index (κ2) is 7.51. The van der Waals surface area contributed by atoms with E-state index in [2.05, 4.69) is 4.98 Å². The van der Waals surface area contributed by atoms with Crippen LogP contribution < -0.4 is 5.73 Å². The summed E-state index contributed by atoms with van der Waals surface area (Å²) < 4.78 is 15.3. The van der Waals surface area contributed by atoms with E-state index in [4.69, 9.17) is 5.73 Å². The lowest BCUT2D eigenvalue weighted by Crippen LogP contribution is -2.28. The molecule has 0 aliphatic heterocycles. The van der Waals surface area contributed by atoms with E-state index in [9.17, 15) is 14.3 Å². The van der Waals surface area contributed by atoms with Crippen molar-refractivity contribution in [3.8, 4) is 0 Å². The molecule has 2 aromatic rings. The third-order valence-corrected chi connectivity index (χ3v) is 5.35. The van der Waals surface area contributed by atoms with Gasteiger partial charge in [0.1, 0.15) is 5.03 Å². The van der Waals surface area contributed by atoms with Gasteiger partial charge in [-0.2, -0.15) is 4.39 Å². The Labute approximate surface area is 150 Å². The number of rotatable bonds is 6. The molecule has 132 valence electrons. The highest BCUT2D eigenvalue weighted by Gasteiger charge is 2.35. The van der Waals surface area contributed by atoms with Gasteiger partial charge >= 0.3 is 0 Å². The molecular weight excluding hydrogens is 341 g/mol. The number of nitrogens with zero attached hydrogens (tertiary/aromatic N) is 2. The molecule has 0 saturated carbocycles. The number of primary amides is 1. The van der Waals surface area contributed by atoms with Gasteiger partial charge in [0.25, 0.3) is 0 Å². The van der Waals surface area contributed by atoms with Gasteiger partial charge < -0.3 is 10.8 Å². The van der Waals surface area contributed by atoms with E-state index >= 15 is 0 Å². The van der Waals surface area contributed by atoms with E-state index in [1.54, 1.807) is 12.1 Å². The number of amides is 1. The van der Waals surface area contributed by atoms with Gasteiger partial charge in [-0.15, -0.1) is 0 Å². The fourth-order valence-electron chi connectivity index (χ4n) is 3.10. The third-order valence-electron chi connectivity index (χ3n) is 4.29. The van der Waals surface area contributed by atoms with Crippen molar-refractivity contribution in [1.29, 1.82) is 0 Å². The molecule has 2 atom stereocenters. The number of halogens is 1. The van der Waals surface area contributed by atoms with E-state index in [0.29, 0.717) is 18.0 Å². The zero-order valence-corrected chi connectivity index (χ0v) is 14.7. The summed E-state index contributed by atoms with van der Waals surface area (Å²) in [6.45, 7) is 3.35. The first-order chi connectivity index (χ1) is 12.0.